The third-order valence-electron chi connectivity index (χ3n) is 6.16. The molecule has 1 N–H and O–H groups in total. The Hall–Kier alpha value is -2.86. The minimum absolute atomic E-state index is 0.249. The Morgan fingerprint density at radius 3 is 2.00 bits per heavy atom. The van der Waals surface area contributed by atoms with Gasteiger partial charge in [0.15, 0.2) is 5.54 Å². The Kier molecular flexibility index (Phi) is 8.30. The van der Waals surface area contributed by atoms with Crippen LogP contribution in [0.2, 0.25) is 13.1 Å². The van der Waals surface area contributed by atoms with Crippen molar-refractivity contribution >= 4 is 25.3 Å². The summed E-state index contributed by atoms with van der Waals surface area (Å²) in [4.78, 5) is 26.4. The van der Waals surface area contributed by atoms with Crippen LogP contribution in [-0.2, 0) is 20.7 Å². The molecule has 0 unspecified atom stereocenters. The third-order valence-corrected chi connectivity index (χ3v) is 9.97. The van der Waals surface area contributed by atoms with E-state index in [0.29, 0.717) is 0 Å². The first-order valence-electron chi connectivity index (χ1n) is 11.2. The summed E-state index contributed by atoms with van der Waals surface area (Å²) >= 11 is 0. The van der Waals surface area contributed by atoms with Gasteiger partial charge in [-0.05, 0) is 26.3 Å². The van der Waals surface area contributed by atoms with Gasteiger partial charge in [-0.1, -0.05) is 91.1 Å². The summed E-state index contributed by atoms with van der Waals surface area (Å²) in [7, 11) is -0.882. The predicted molar refractivity (Wildman–Crippen MR) is 136 cm³/mol. The molecule has 5 nitrogen and oxygen atoms in total. The Balaban J connectivity index is 2.58. The molecule has 2 atom stereocenters. The summed E-state index contributed by atoms with van der Waals surface area (Å²) in [6, 6.07) is 19.8. The molecule has 0 saturated carbocycles. The van der Waals surface area contributed by atoms with Crippen molar-refractivity contribution in [3.8, 4) is 0 Å². The molecule has 2 rings (SSSR count). The van der Waals surface area contributed by atoms with Crippen LogP contribution >= 0.6 is 0 Å². The summed E-state index contributed by atoms with van der Waals surface area (Å²) in [6.07, 6.45) is -0.415. The Bertz CT molecular complexity index is 967. The molecule has 178 valence electrons. The fourth-order valence-electron chi connectivity index (χ4n) is 4.07. The summed E-state index contributed by atoms with van der Waals surface area (Å²) in [5.74, 6) is -0.941. The van der Waals surface area contributed by atoms with E-state index in [-0.39, 0.29) is 6.42 Å². The summed E-state index contributed by atoms with van der Waals surface area (Å²) < 4.78 is 10.8. The highest BCUT2D eigenvalue weighted by Gasteiger charge is 2.50. The second-order valence-corrected chi connectivity index (χ2v) is 14.5. The normalized spacial score (nSPS) is 14.5. The first-order chi connectivity index (χ1) is 15.3. The predicted octanol–water partition coefficient (Wildman–Crippen LogP) is 5.01. The van der Waals surface area contributed by atoms with E-state index in [1.807, 2.05) is 55.5 Å². The largest absolute Gasteiger partial charge is 0.467 e. The van der Waals surface area contributed by atoms with Crippen LogP contribution in [0.3, 0.4) is 0 Å². The zero-order chi connectivity index (χ0) is 24.9. The third kappa shape index (κ3) is 6.35. The number of rotatable bonds is 8. The van der Waals surface area contributed by atoms with E-state index in [4.69, 9.17) is 9.47 Å². The monoisotopic (exact) mass is 467 g/mol. The number of alkyl carbamates (subject to hydrolysis) is 1. The lowest BCUT2D eigenvalue weighted by Gasteiger charge is -2.42. The molecule has 0 aliphatic heterocycles. The van der Waals surface area contributed by atoms with Gasteiger partial charge in [0, 0.05) is 12.3 Å². The van der Waals surface area contributed by atoms with Gasteiger partial charge in [0.1, 0.15) is 13.7 Å². The quantitative estimate of drug-likeness (QED) is 0.438. The van der Waals surface area contributed by atoms with Gasteiger partial charge in [0.05, 0.1) is 7.11 Å². The number of ether oxygens (including phenoxy) is 2. The molecule has 33 heavy (non-hydrogen) atoms. The number of esters is 1. The maximum Gasteiger partial charge on any atom is 0.408 e. The molecule has 0 radical (unpaired) electrons. The first-order valence-corrected chi connectivity index (χ1v) is 14.2. The van der Waals surface area contributed by atoms with Gasteiger partial charge >= 0.3 is 12.1 Å². The smallest absolute Gasteiger partial charge is 0.408 e. The standard InChI is InChI=1S/C27H37NO4Si/c1-20(21(2)33(7,8)23-17-13-10-14-18-23)27(24(29)31-6,19-22-15-11-9-12-16-22)28-25(30)32-26(3,4)5/h9-18,20H,2,19H2,1,3-8H3,(H,28,30)/t20-,27-/m1/s1. The number of carbonyl (C=O) groups is 2. The number of nitrogens with one attached hydrogen (secondary N) is 1. The van der Waals surface area contributed by atoms with Crippen LogP contribution in [0.4, 0.5) is 4.79 Å². The molecule has 0 spiro atoms. The highest BCUT2D eigenvalue weighted by Crippen LogP contribution is 2.34. The number of benzene rings is 2. The van der Waals surface area contributed by atoms with E-state index in [0.717, 1.165) is 10.8 Å². The Labute approximate surface area is 199 Å². The van der Waals surface area contributed by atoms with Gasteiger partial charge in [-0.25, -0.2) is 9.59 Å². The molecule has 6 heteroatoms. The van der Waals surface area contributed by atoms with Crippen LogP contribution in [0.25, 0.3) is 0 Å². The van der Waals surface area contributed by atoms with E-state index < -0.39 is 37.2 Å². The van der Waals surface area contributed by atoms with E-state index in [2.05, 4.69) is 37.1 Å². The molecule has 0 aliphatic carbocycles. The van der Waals surface area contributed by atoms with E-state index in [1.54, 1.807) is 20.8 Å². The molecule has 2 aromatic rings. The fraction of sp³-hybridized carbons (Fsp3) is 0.407. The Morgan fingerprint density at radius 1 is 1.00 bits per heavy atom. The molecular formula is C27H37NO4Si. The minimum atomic E-state index is -2.22. The number of methoxy groups -OCH3 is 1. The highest BCUT2D eigenvalue weighted by molar-refractivity contribution is 6.95. The van der Waals surface area contributed by atoms with Crippen LogP contribution in [-0.4, -0.2) is 38.4 Å². The van der Waals surface area contributed by atoms with Crippen molar-refractivity contribution in [3.63, 3.8) is 0 Å². The molecular weight excluding hydrogens is 430 g/mol. The zero-order valence-electron chi connectivity index (χ0n) is 20.9. The molecule has 0 bridgehead atoms. The van der Waals surface area contributed by atoms with E-state index >= 15 is 0 Å². The first kappa shape index (κ1) is 26.4. The van der Waals surface area contributed by atoms with Crippen molar-refractivity contribution in [2.24, 2.45) is 5.92 Å². The lowest BCUT2D eigenvalue weighted by Crippen LogP contribution is -2.64. The second-order valence-electron chi connectivity index (χ2n) is 9.99. The SMILES string of the molecule is C=C([C@@H](C)[C@@](Cc1ccccc1)(NC(=O)OC(C)(C)C)C(=O)OC)[Si](C)(C)c1ccccc1. The van der Waals surface area contributed by atoms with Crippen molar-refractivity contribution in [1.29, 1.82) is 0 Å². The molecule has 0 fully saturated rings. The van der Waals surface area contributed by atoms with E-state index in [9.17, 15) is 9.59 Å². The lowest BCUT2D eigenvalue weighted by atomic mass is 9.79. The van der Waals surface area contributed by atoms with Gasteiger partial charge in [-0.15, -0.1) is 6.58 Å². The second kappa shape index (κ2) is 10.4. The van der Waals surface area contributed by atoms with Gasteiger partial charge in [-0.2, -0.15) is 0 Å². The number of amides is 1. The fourth-order valence-corrected chi connectivity index (χ4v) is 6.80. The maximum atomic E-state index is 13.4. The zero-order valence-corrected chi connectivity index (χ0v) is 21.9. The van der Waals surface area contributed by atoms with Crippen LogP contribution in [0.5, 0.6) is 0 Å². The van der Waals surface area contributed by atoms with Crippen molar-refractivity contribution in [2.75, 3.05) is 7.11 Å². The number of hydrogen-bond acceptors (Lipinski definition) is 4. The molecule has 0 saturated heterocycles. The van der Waals surface area contributed by atoms with Gasteiger partial charge in [-0.3, -0.25) is 0 Å². The Morgan fingerprint density at radius 2 is 1.52 bits per heavy atom. The maximum absolute atomic E-state index is 13.4. The minimum Gasteiger partial charge on any atom is -0.467 e. The van der Waals surface area contributed by atoms with Crippen LogP contribution < -0.4 is 10.5 Å². The van der Waals surface area contributed by atoms with Gasteiger partial charge in [0.2, 0.25) is 0 Å². The lowest BCUT2D eigenvalue weighted by molar-refractivity contribution is -0.150. The molecule has 1 amide bonds. The van der Waals surface area contributed by atoms with Crippen molar-refractivity contribution in [3.05, 3.63) is 78.0 Å². The van der Waals surface area contributed by atoms with Crippen LogP contribution in [0.1, 0.15) is 33.3 Å². The number of hydrogen-bond donors (Lipinski definition) is 1. The van der Waals surface area contributed by atoms with Crippen molar-refractivity contribution in [1.82, 2.24) is 5.32 Å². The van der Waals surface area contributed by atoms with Crippen molar-refractivity contribution in [2.45, 2.75) is 58.3 Å². The van der Waals surface area contributed by atoms with Crippen LogP contribution in [0, 0.1) is 5.92 Å². The summed E-state index contributed by atoms with van der Waals surface area (Å²) in [6.45, 7) is 16.2. The average molecular weight is 468 g/mol. The summed E-state index contributed by atoms with van der Waals surface area (Å²) in [5.41, 5.74) is -1.19. The highest BCUT2D eigenvalue weighted by atomic mass is 28.3. The average Bonchev–Trinajstić information content (AvgIpc) is 2.76. The van der Waals surface area contributed by atoms with Gasteiger partial charge < -0.3 is 14.8 Å². The molecule has 0 aromatic heterocycles. The number of carbonyl (C=O) groups excluding carboxylic acids is 2. The molecule has 2 aromatic carbocycles. The summed E-state index contributed by atoms with van der Waals surface area (Å²) in [5, 5.41) is 5.06. The van der Waals surface area contributed by atoms with Crippen LogP contribution in [0.15, 0.2) is 72.4 Å². The van der Waals surface area contributed by atoms with Crippen molar-refractivity contribution < 1.29 is 19.1 Å². The molecule has 0 heterocycles. The molecule has 0 aliphatic rings. The topological polar surface area (TPSA) is 64.6 Å². The van der Waals surface area contributed by atoms with E-state index in [1.165, 1.54) is 12.3 Å². The van der Waals surface area contributed by atoms with Gasteiger partial charge in [0.25, 0.3) is 0 Å².